The third-order valence-electron chi connectivity index (χ3n) is 2.19. The Bertz CT molecular complexity index is 94.9. The highest BCUT2D eigenvalue weighted by Crippen LogP contribution is 2.27. The Morgan fingerprint density at radius 3 is 2.56 bits per heavy atom. The fourth-order valence-electron chi connectivity index (χ4n) is 1.30. The summed E-state index contributed by atoms with van der Waals surface area (Å²) in [6, 6.07) is 0.473. The first kappa shape index (κ1) is 7.79. The Labute approximate surface area is 70.5 Å². The van der Waals surface area contributed by atoms with Gasteiger partial charge in [-0.2, -0.15) is 0 Å². The number of halogens is 1. The Morgan fingerprint density at radius 1 is 1.44 bits per heavy atom. The molecule has 1 aliphatic rings. The zero-order valence-electron chi connectivity index (χ0n) is 5.81. The summed E-state index contributed by atoms with van der Waals surface area (Å²) < 4.78 is 0.841. The van der Waals surface area contributed by atoms with Gasteiger partial charge < -0.3 is 5.73 Å². The van der Waals surface area contributed by atoms with Crippen molar-refractivity contribution in [1.29, 1.82) is 0 Å². The second kappa shape index (κ2) is 3.19. The van der Waals surface area contributed by atoms with Crippen molar-refractivity contribution in [2.45, 2.75) is 36.2 Å². The molecule has 0 aromatic carbocycles. The molecule has 3 atom stereocenters. The van der Waals surface area contributed by atoms with E-state index in [1.807, 2.05) is 0 Å². The van der Waals surface area contributed by atoms with E-state index in [-0.39, 0.29) is 0 Å². The summed E-state index contributed by atoms with van der Waals surface area (Å²) >= 11 is 2.50. The van der Waals surface area contributed by atoms with Crippen LogP contribution in [0.15, 0.2) is 0 Å². The largest absolute Gasteiger partial charge is 0.327 e. The fourth-order valence-corrected chi connectivity index (χ4v) is 2.25. The van der Waals surface area contributed by atoms with Crippen molar-refractivity contribution in [3.63, 3.8) is 0 Å². The summed E-state index contributed by atoms with van der Waals surface area (Å²) in [7, 11) is 0. The van der Waals surface area contributed by atoms with Crippen LogP contribution in [0.25, 0.3) is 0 Å². The van der Waals surface area contributed by atoms with Gasteiger partial charge in [0.1, 0.15) is 0 Å². The molecule has 9 heavy (non-hydrogen) atoms. The first-order valence-corrected chi connectivity index (χ1v) is 4.84. The molecular weight excluding hydrogens is 225 g/mol. The smallest absolute Gasteiger partial charge is 0.0125 e. The highest BCUT2D eigenvalue weighted by molar-refractivity contribution is 14.1. The minimum absolute atomic E-state index is 0.473. The number of rotatable bonds is 0. The second-order valence-corrected chi connectivity index (χ2v) is 4.81. The van der Waals surface area contributed by atoms with Crippen LogP contribution in [0, 0.1) is 5.92 Å². The normalized spacial score (nSPS) is 45.0. The topological polar surface area (TPSA) is 26.0 Å². The zero-order chi connectivity index (χ0) is 6.85. The molecule has 0 bridgehead atoms. The third-order valence-corrected chi connectivity index (χ3v) is 3.33. The molecule has 1 aliphatic carbocycles. The van der Waals surface area contributed by atoms with E-state index in [0.717, 1.165) is 9.84 Å². The summed E-state index contributed by atoms with van der Waals surface area (Å²) in [6.07, 6.45) is 3.92. The van der Waals surface area contributed by atoms with Gasteiger partial charge >= 0.3 is 0 Å². The highest BCUT2D eigenvalue weighted by Gasteiger charge is 2.22. The molecule has 0 saturated heterocycles. The van der Waals surface area contributed by atoms with Crippen molar-refractivity contribution in [2.24, 2.45) is 11.7 Å². The maximum atomic E-state index is 5.86. The van der Waals surface area contributed by atoms with Crippen LogP contribution in [0.5, 0.6) is 0 Å². The fraction of sp³-hybridized carbons (Fsp3) is 1.00. The maximum Gasteiger partial charge on any atom is 0.0125 e. The van der Waals surface area contributed by atoms with Crippen LogP contribution in [-0.4, -0.2) is 9.97 Å². The molecule has 0 aliphatic heterocycles. The summed E-state index contributed by atoms with van der Waals surface area (Å²) in [5.41, 5.74) is 5.86. The Balaban J connectivity index is 2.35. The minimum atomic E-state index is 0.473. The summed E-state index contributed by atoms with van der Waals surface area (Å²) in [6.45, 7) is 2.26. The van der Waals surface area contributed by atoms with E-state index in [9.17, 15) is 0 Å². The molecule has 0 heterocycles. The highest BCUT2D eigenvalue weighted by atomic mass is 127. The molecule has 2 unspecified atom stereocenters. The van der Waals surface area contributed by atoms with Gasteiger partial charge in [0, 0.05) is 9.97 Å². The molecule has 1 rings (SSSR count). The Hall–Kier alpha value is 0.690. The summed E-state index contributed by atoms with van der Waals surface area (Å²) in [5.74, 6) is 0.760. The molecule has 0 aromatic rings. The van der Waals surface area contributed by atoms with Gasteiger partial charge in [0.25, 0.3) is 0 Å². The van der Waals surface area contributed by atoms with Gasteiger partial charge in [0.2, 0.25) is 0 Å². The molecule has 0 amide bonds. The molecule has 1 saturated carbocycles. The first-order chi connectivity index (χ1) is 4.20. The van der Waals surface area contributed by atoms with E-state index in [1.54, 1.807) is 0 Å². The molecule has 2 heteroatoms. The van der Waals surface area contributed by atoms with E-state index < -0.39 is 0 Å². The predicted molar refractivity (Wildman–Crippen MR) is 48.8 cm³/mol. The zero-order valence-corrected chi connectivity index (χ0v) is 7.97. The molecule has 0 aromatic heterocycles. The third kappa shape index (κ3) is 2.08. The van der Waals surface area contributed by atoms with Gasteiger partial charge in [0.15, 0.2) is 0 Å². The maximum absolute atomic E-state index is 5.86. The molecular formula is C7H14IN. The van der Waals surface area contributed by atoms with Crippen molar-refractivity contribution < 1.29 is 0 Å². The van der Waals surface area contributed by atoms with Crippen LogP contribution >= 0.6 is 22.6 Å². The van der Waals surface area contributed by atoms with Crippen LogP contribution in [0.3, 0.4) is 0 Å². The van der Waals surface area contributed by atoms with Gasteiger partial charge in [-0.15, -0.1) is 0 Å². The minimum Gasteiger partial charge on any atom is -0.327 e. The van der Waals surface area contributed by atoms with Crippen LogP contribution < -0.4 is 5.73 Å². The molecule has 2 N–H and O–H groups in total. The van der Waals surface area contributed by atoms with Crippen molar-refractivity contribution >= 4 is 22.6 Å². The average Bonchev–Trinajstić information content (AvgIpc) is 1.80. The van der Waals surface area contributed by atoms with Gasteiger partial charge in [-0.25, -0.2) is 0 Å². The molecule has 54 valence electrons. The molecule has 1 fully saturated rings. The second-order valence-electron chi connectivity index (χ2n) is 3.05. The summed E-state index contributed by atoms with van der Waals surface area (Å²) in [4.78, 5) is 0. The number of hydrogen-bond acceptors (Lipinski definition) is 1. The van der Waals surface area contributed by atoms with E-state index in [4.69, 9.17) is 5.73 Å². The lowest BCUT2D eigenvalue weighted by molar-refractivity contribution is 0.344. The van der Waals surface area contributed by atoms with E-state index in [0.29, 0.717) is 6.04 Å². The number of nitrogens with two attached hydrogens (primary N) is 1. The van der Waals surface area contributed by atoms with E-state index in [2.05, 4.69) is 29.5 Å². The van der Waals surface area contributed by atoms with Gasteiger partial charge in [-0.05, 0) is 25.2 Å². The average molecular weight is 239 g/mol. The van der Waals surface area contributed by atoms with Gasteiger partial charge in [0.05, 0.1) is 0 Å². The lowest BCUT2D eigenvalue weighted by Gasteiger charge is -2.28. The lowest BCUT2D eigenvalue weighted by Crippen LogP contribution is -2.35. The standard InChI is InChI=1S/C7H14IN/c1-5-2-3-6(8)4-7(5)9/h5-7H,2-4,9H2,1H3/t5-,6?,7?/m1/s1. The van der Waals surface area contributed by atoms with Crippen molar-refractivity contribution in [3.8, 4) is 0 Å². The van der Waals surface area contributed by atoms with Crippen LogP contribution in [0.1, 0.15) is 26.2 Å². The first-order valence-electron chi connectivity index (χ1n) is 3.60. The number of hydrogen-bond donors (Lipinski definition) is 1. The quantitative estimate of drug-likeness (QED) is 0.507. The Morgan fingerprint density at radius 2 is 2.11 bits per heavy atom. The molecule has 0 spiro atoms. The van der Waals surface area contributed by atoms with Gasteiger partial charge in [-0.1, -0.05) is 29.5 Å². The monoisotopic (exact) mass is 239 g/mol. The number of alkyl halides is 1. The van der Waals surface area contributed by atoms with Crippen molar-refractivity contribution in [2.75, 3.05) is 0 Å². The summed E-state index contributed by atoms with van der Waals surface area (Å²) in [5, 5.41) is 0. The van der Waals surface area contributed by atoms with Crippen molar-refractivity contribution in [3.05, 3.63) is 0 Å². The Kier molecular flexibility index (Phi) is 2.76. The SMILES string of the molecule is C[C@@H]1CCC(I)CC1N. The molecule has 0 radical (unpaired) electrons. The van der Waals surface area contributed by atoms with Crippen LogP contribution in [0.4, 0.5) is 0 Å². The van der Waals surface area contributed by atoms with Gasteiger partial charge in [-0.3, -0.25) is 0 Å². The lowest BCUT2D eigenvalue weighted by atomic mass is 9.87. The molecule has 1 nitrogen and oxygen atoms in total. The van der Waals surface area contributed by atoms with E-state index in [1.165, 1.54) is 19.3 Å². The van der Waals surface area contributed by atoms with Crippen LogP contribution in [0.2, 0.25) is 0 Å². The predicted octanol–water partition coefficient (Wildman–Crippen LogP) is 1.94. The van der Waals surface area contributed by atoms with Crippen molar-refractivity contribution in [1.82, 2.24) is 0 Å². The van der Waals surface area contributed by atoms with E-state index >= 15 is 0 Å². The van der Waals surface area contributed by atoms with Crippen LogP contribution in [-0.2, 0) is 0 Å².